The first-order valence-electron chi connectivity index (χ1n) is 23.6. The van der Waals surface area contributed by atoms with E-state index in [2.05, 4.69) is 269 Å². The van der Waals surface area contributed by atoms with Gasteiger partial charge in [0.2, 0.25) is 0 Å². The number of hydrogen-bond acceptors (Lipinski definition) is 1. The lowest BCUT2D eigenvalue weighted by Crippen LogP contribution is -2.16. The highest BCUT2D eigenvalue weighted by Gasteiger charge is 2.36. The van der Waals surface area contributed by atoms with Gasteiger partial charge in [-0.25, -0.2) is 0 Å². The van der Waals surface area contributed by atoms with Gasteiger partial charge in [-0.1, -0.05) is 211 Å². The molecule has 2 nitrogen and oxygen atoms in total. The lowest BCUT2D eigenvalue weighted by Gasteiger charge is -2.28. The Balaban J connectivity index is 0.986. The van der Waals surface area contributed by atoms with Crippen LogP contribution in [0.3, 0.4) is 0 Å². The number of anilines is 3. The molecular formula is C65H52N2. The van der Waals surface area contributed by atoms with Crippen molar-refractivity contribution in [3.8, 4) is 50.2 Å². The summed E-state index contributed by atoms with van der Waals surface area (Å²) >= 11 is 0. The van der Waals surface area contributed by atoms with E-state index in [9.17, 15) is 0 Å². The van der Waals surface area contributed by atoms with Crippen molar-refractivity contribution in [2.45, 2.75) is 45.4 Å². The molecule has 0 bridgehead atoms. The summed E-state index contributed by atoms with van der Waals surface area (Å²) in [5.74, 6) is 0. The molecule has 12 rings (SSSR count). The number of para-hydroxylation sites is 3. The zero-order valence-electron chi connectivity index (χ0n) is 38.8. The Bertz CT molecular complexity index is 3670. The molecule has 1 aliphatic carbocycles. The summed E-state index contributed by atoms with van der Waals surface area (Å²) in [6.45, 7) is 11.6. The molecular weight excluding hydrogens is 809 g/mol. The first-order valence-corrected chi connectivity index (χ1v) is 23.6. The normalized spacial score (nSPS) is 13.0. The van der Waals surface area contributed by atoms with Gasteiger partial charge in [-0.2, -0.15) is 0 Å². The summed E-state index contributed by atoms with van der Waals surface area (Å²) in [5.41, 5.74) is 20.8. The molecule has 67 heavy (non-hydrogen) atoms. The van der Waals surface area contributed by atoms with Gasteiger partial charge in [0.15, 0.2) is 0 Å². The molecule has 322 valence electrons. The monoisotopic (exact) mass is 860 g/mol. The molecule has 0 atom stereocenters. The van der Waals surface area contributed by atoms with Crippen LogP contribution in [0.4, 0.5) is 17.1 Å². The number of fused-ring (bicyclic) bond motifs is 7. The van der Waals surface area contributed by atoms with Gasteiger partial charge in [0.1, 0.15) is 0 Å². The molecule has 0 amide bonds. The van der Waals surface area contributed by atoms with E-state index < -0.39 is 0 Å². The van der Waals surface area contributed by atoms with Crippen LogP contribution in [0.5, 0.6) is 0 Å². The van der Waals surface area contributed by atoms with E-state index in [4.69, 9.17) is 0 Å². The maximum Gasteiger partial charge on any atom is 0.0619 e. The Hall–Kier alpha value is -7.94. The molecule has 11 aromatic rings. The number of aromatic nitrogens is 1. The molecule has 1 heterocycles. The summed E-state index contributed by atoms with van der Waals surface area (Å²) in [4.78, 5) is 2.42. The van der Waals surface area contributed by atoms with Crippen molar-refractivity contribution in [1.29, 1.82) is 0 Å². The van der Waals surface area contributed by atoms with Crippen LogP contribution in [-0.2, 0) is 10.8 Å². The molecule has 0 fully saturated rings. The van der Waals surface area contributed by atoms with Crippen LogP contribution >= 0.6 is 0 Å². The van der Waals surface area contributed by atoms with Gasteiger partial charge in [0.25, 0.3) is 0 Å². The summed E-state index contributed by atoms with van der Waals surface area (Å²) in [6.07, 6.45) is 0. The zero-order chi connectivity index (χ0) is 45.4. The molecule has 2 heteroatoms. The molecule has 10 aromatic carbocycles. The first-order chi connectivity index (χ1) is 32.6. The fourth-order valence-corrected chi connectivity index (χ4v) is 10.9. The molecule has 0 spiro atoms. The molecule has 0 saturated heterocycles. The van der Waals surface area contributed by atoms with E-state index in [0.717, 1.165) is 28.3 Å². The average molecular weight is 861 g/mol. The van der Waals surface area contributed by atoms with E-state index in [1.54, 1.807) is 0 Å². The quantitative estimate of drug-likeness (QED) is 0.155. The number of hydrogen-bond donors (Lipinski definition) is 0. The highest BCUT2D eigenvalue weighted by atomic mass is 15.1. The smallest absolute Gasteiger partial charge is 0.0619 e. The van der Waals surface area contributed by atoms with E-state index >= 15 is 0 Å². The van der Waals surface area contributed by atoms with Gasteiger partial charge in [-0.05, 0) is 115 Å². The van der Waals surface area contributed by atoms with E-state index in [1.807, 2.05) is 0 Å². The van der Waals surface area contributed by atoms with Crippen molar-refractivity contribution in [3.63, 3.8) is 0 Å². The van der Waals surface area contributed by atoms with Crippen molar-refractivity contribution >= 4 is 49.6 Å². The number of rotatable bonds is 7. The Labute approximate surface area is 394 Å². The SMILES string of the molecule is CC(C)(C)c1ccc(-c2cccc3c4ccccc4n(-c4ccccc4-c4ccc(N(c5ccc(-c6cccc7ccccc67)cc5)c5ccc6c(c5)C(C)(C)c5ccccc5-6)cc4)c23)cc1. The first kappa shape index (κ1) is 40.6. The maximum atomic E-state index is 2.50. The van der Waals surface area contributed by atoms with Gasteiger partial charge >= 0.3 is 0 Å². The fourth-order valence-electron chi connectivity index (χ4n) is 10.9. The molecule has 0 radical (unpaired) electrons. The topological polar surface area (TPSA) is 8.17 Å². The second-order valence-corrected chi connectivity index (χ2v) is 19.8. The largest absolute Gasteiger partial charge is 0.310 e. The van der Waals surface area contributed by atoms with Crippen LogP contribution in [0.2, 0.25) is 0 Å². The average Bonchev–Trinajstić information content (AvgIpc) is 3.82. The van der Waals surface area contributed by atoms with Crippen LogP contribution in [-0.4, -0.2) is 4.57 Å². The predicted octanol–water partition coefficient (Wildman–Crippen LogP) is 18.0. The third kappa shape index (κ3) is 6.70. The Morgan fingerprint density at radius 3 is 1.64 bits per heavy atom. The van der Waals surface area contributed by atoms with E-state index in [1.165, 1.54) is 88.2 Å². The maximum absolute atomic E-state index is 2.50. The van der Waals surface area contributed by atoms with Crippen LogP contribution in [0.25, 0.3) is 82.8 Å². The second kappa shape index (κ2) is 15.6. The van der Waals surface area contributed by atoms with Crippen LogP contribution in [0, 0.1) is 0 Å². The van der Waals surface area contributed by atoms with Crippen LogP contribution in [0.1, 0.15) is 51.3 Å². The predicted molar refractivity (Wildman–Crippen MR) is 286 cm³/mol. The van der Waals surface area contributed by atoms with Crippen LogP contribution < -0.4 is 4.90 Å². The highest BCUT2D eigenvalue weighted by Crippen LogP contribution is 2.51. The Kier molecular flexibility index (Phi) is 9.45. The summed E-state index contributed by atoms with van der Waals surface area (Å²) in [6, 6.07) is 83.2. The van der Waals surface area contributed by atoms with E-state index in [-0.39, 0.29) is 10.8 Å². The van der Waals surface area contributed by atoms with Crippen molar-refractivity contribution in [3.05, 3.63) is 241 Å². The van der Waals surface area contributed by atoms with Gasteiger partial charge in [0.05, 0.1) is 16.7 Å². The molecule has 0 N–H and O–H groups in total. The molecule has 1 aliphatic rings. The Morgan fingerprint density at radius 2 is 0.896 bits per heavy atom. The fraction of sp³-hybridized carbons (Fsp3) is 0.108. The minimum Gasteiger partial charge on any atom is -0.310 e. The summed E-state index contributed by atoms with van der Waals surface area (Å²) in [7, 11) is 0. The third-order valence-electron chi connectivity index (χ3n) is 14.4. The molecule has 0 unspecified atom stereocenters. The van der Waals surface area contributed by atoms with Gasteiger partial charge < -0.3 is 9.47 Å². The minimum absolute atomic E-state index is 0.0817. The minimum atomic E-state index is -0.123. The zero-order valence-corrected chi connectivity index (χ0v) is 38.8. The Morgan fingerprint density at radius 1 is 0.388 bits per heavy atom. The lowest BCUT2D eigenvalue weighted by atomic mass is 9.82. The van der Waals surface area contributed by atoms with Gasteiger partial charge in [0, 0.05) is 44.4 Å². The van der Waals surface area contributed by atoms with Crippen molar-refractivity contribution in [2.75, 3.05) is 4.90 Å². The lowest BCUT2D eigenvalue weighted by molar-refractivity contribution is 0.590. The van der Waals surface area contributed by atoms with Gasteiger partial charge in [-0.3, -0.25) is 0 Å². The number of nitrogens with zero attached hydrogens (tertiary/aromatic N) is 2. The van der Waals surface area contributed by atoms with Crippen LogP contribution in [0.15, 0.2) is 224 Å². The van der Waals surface area contributed by atoms with Crippen molar-refractivity contribution in [2.24, 2.45) is 0 Å². The van der Waals surface area contributed by atoms with Gasteiger partial charge in [-0.15, -0.1) is 0 Å². The summed E-state index contributed by atoms with van der Waals surface area (Å²) in [5, 5.41) is 5.01. The second-order valence-electron chi connectivity index (χ2n) is 19.8. The third-order valence-corrected chi connectivity index (χ3v) is 14.4. The number of benzene rings is 10. The standard InChI is InChI=1S/C65H52N2/c1-64(2,3)47-34-28-46(29-35-47)54-23-15-24-58-57-21-10-13-27-62(57)67(63(54)58)61-26-12-9-19-53(61)45-32-38-49(39-33-45)66(50-40-41-56-55-20-8-11-25-59(55)65(4,5)60(56)42-50)48-36-30-44(31-37-48)52-22-14-17-43-16-6-7-18-51(43)52/h6-42H,1-5H3. The summed E-state index contributed by atoms with van der Waals surface area (Å²) < 4.78 is 2.50. The molecule has 1 aromatic heterocycles. The van der Waals surface area contributed by atoms with E-state index in [0.29, 0.717) is 0 Å². The van der Waals surface area contributed by atoms with Crippen molar-refractivity contribution in [1.82, 2.24) is 4.57 Å². The molecule has 0 aliphatic heterocycles. The molecule has 0 saturated carbocycles. The van der Waals surface area contributed by atoms with Crippen molar-refractivity contribution < 1.29 is 0 Å². The highest BCUT2D eigenvalue weighted by molar-refractivity contribution is 6.14.